The van der Waals surface area contributed by atoms with Crippen LogP contribution in [0, 0.1) is 12.7 Å². The molecule has 0 aromatic heterocycles. The summed E-state index contributed by atoms with van der Waals surface area (Å²) in [7, 11) is 1.68. The fourth-order valence-electron chi connectivity index (χ4n) is 1.99. The molecule has 0 amide bonds. The summed E-state index contributed by atoms with van der Waals surface area (Å²) in [6, 6.07) is 12.3. The van der Waals surface area contributed by atoms with Gasteiger partial charge < -0.3 is 14.8 Å². The number of benzene rings is 2. The largest absolute Gasteiger partial charge is 0.457 e. The van der Waals surface area contributed by atoms with Gasteiger partial charge in [-0.2, -0.15) is 0 Å². The molecule has 0 bridgehead atoms. The summed E-state index contributed by atoms with van der Waals surface area (Å²) >= 11 is 0. The Morgan fingerprint density at radius 1 is 1.10 bits per heavy atom. The predicted molar refractivity (Wildman–Crippen MR) is 81.2 cm³/mol. The summed E-state index contributed by atoms with van der Waals surface area (Å²) in [4.78, 5) is 0. The number of para-hydroxylation sites is 1. The zero-order valence-corrected chi connectivity index (χ0v) is 12.4. The zero-order chi connectivity index (χ0) is 15.1. The fraction of sp³-hybridized carbons (Fsp3) is 0.294. The number of aryl methyl sites for hydroxylation is 1. The molecule has 2 aromatic carbocycles. The van der Waals surface area contributed by atoms with Gasteiger partial charge in [0.1, 0.15) is 17.3 Å². The first kappa shape index (κ1) is 15.5. The molecule has 4 heteroatoms. The van der Waals surface area contributed by atoms with E-state index in [4.69, 9.17) is 9.47 Å². The molecular weight excluding hydrogens is 269 g/mol. The van der Waals surface area contributed by atoms with Crippen LogP contribution in [0.15, 0.2) is 42.5 Å². The Balaban J connectivity index is 2.08. The lowest BCUT2D eigenvalue weighted by Gasteiger charge is -2.13. The lowest BCUT2D eigenvalue weighted by atomic mass is 10.2. The lowest BCUT2D eigenvalue weighted by Crippen LogP contribution is -2.18. The molecule has 0 heterocycles. The van der Waals surface area contributed by atoms with Gasteiger partial charge >= 0.3 is 0 Å². The number of rotatable bonds is 7. The van der Waals surface area contributed by atoms with Crippen molar-refractivity contribution in [1.29, 1.82) is 0 Å². The average molecular weight is 289 g/mol. The normalized spacial score (nSPS) is 10.6. The first-order chi connectivity index (χ1) is 10.2. The molecule has 0 aliphatic carbocycles. The molecule has 0 atom stereocenters. The van der Waals surface area contributed by atoms with Gasteiger partial charge in [-0.1, -0.05) is 18.2 Å². The number of hydrogen-bond donors (Lipinski definition) is 1. The van der Waals surface area contributed by atoms with Crippen molar-refractivity contribution in [2.24, 2.45) is 0 Å². The molecule has 0 spiro atoms. The van der Waals surface area contributed by atoms with E-state index in [9.17, 15) is 4.39 Å². The third-order valence-corrected chi connectivity index (χ3v) is 3.13. The molecular formula is C17H20FNO2. The smallest absolute Gasteiger partial charge is 0.131 e. The molecule has 0 unspecified atom stereocenters. The first-order valence-corrected chi connectivity index (χ1v) is 6.92. The monoisotopic (exact) mass is 289 g/mol. The van der Waals surface area contributed by atoms with Crippen molar-refractivity contribution >= 4 is 0 Å². The standard InChI is InChI=1S/C17H20FNO2/c1-13-11-15(18)7-8-16(13)21-17-6-4-3-5-14(17)12-19-9-10-20-2/h3-8,11,19H,9-10,12H2,1-2H3. The number of methoxy groups -OCH3 is 1. The van der Waals surface area contributed by atoms with E-state index in [1.54, 1.807) is 13.2 Å². The minimum Gasteiger partial charge on any atom is -0.457 e. The Kier molecular flexibility index (Phi) is 5.72. The molecule has 21 heavy (non-hydrogen) atoms. The molecule has 2 aromatic rings. The molecule has 0 fully saturated rings. The molecule has 1 N–H and O–H groups in total. The third-order valence-electron chi connectivity index (χ3n) is 3.13. The van der Waals surface area contributed by atoms with Gasteiger partial charge in [-0.05, 0) is 36.8 Å². The molecule has 112 valence electrons. The molecule has 0 aliphatic heterocycles. The van der Waals surface area contributed by atoms with Crippen LogP contribution in [0.2, 0.25) is 0 Å². The van der Waals surface area contributed by atoms with E-state index in [2.05, 4.69) is 5.32 Å². The van der Waals surface area contributed by atoms with Crippen molar-refractivity contribution in [3.8, 4) is 11.5 Å². The number of halogens is 1. The fourth-order valence-corrected chi connectivity index (χ4v) is 1.99. The highest BCUT2D eigenvalue weighted by molar-refractivity contribution is 5.41. The summed E-state index contributed by atoms with van der Waals surface area (Å²) in [5, 5.41) is 3.29. The maximum absolute atomic E-state index is 13.1. The third kappa shape index (κ3) is 4.55. The Morgan fingerprint density at radius 2 is 1.90 bits per heavy atom. The van der Waals surface area contributed by atoms with Crippen molar-refractivity contribution < 1.29 is 13.9 Å². The minimum absolute atomic E-state index is 0.255. The van der Waals surface area contributed by atoms with E-state index in [-0.39, 0.29) is 5.82 Å². The van der Waals surface area contributed by atoms with Crippen LogP contribution < -0.4 is 10.1 Å². The van der Waals surface area contributed by atoms with Gasteiger partial charge in [0.05, 0.1) is 6.61 Å². The van der Waals surface area contributed by atoms with E-state index < -0.39 is 0 Å². The van der Waals surface area contributed by atoms with Crippen LogP contribution in [0.3, 0.4) is 0 Å². The van der Waals surface area contributed by atoms with Crippen LogP contribution in [0.4, 0.5) is 4.39 Å². The predicted octanol–water partition coefficient (Wildman–Crippen LogP) is 3.66. The Bertz CT molecular complexity index is 587. The second-order valence-electron chi connectivity index (χ2n) is 4.79. The molecule has 0 saturated carbocycles. The maximum atomic E-state index is 13.1. The highest BCUT2D eigenvalue weighted by Crippen LogP contribution is 2.28. The highest BCUT2D eigenvalue weighted by Gasteiger charge is 2.07. The van der Waals surface area contributed by atoms with E-state index in [0.717, 1.165) is 23.4 Å². The Hall–Kier alpha value is -1.91. The van der Waals surface area contributed by atoms with E-state index in [1.165, 1.54) is 12.1 Å². The average Bonchev–Trinajstić information content (AvgIpc) is 2.48. The van der Waals surface area contributed by atoms with E-state index in [1.807, 2.05) is 31.2 Å². The summed E-state index contributed by atoms with van der Waals surface area (Å²) in [5.74, 6) is 1.19. The highest BCUT2D eigenvalue weighted by atomic mass is 19.1. The molecule has 0 saturated heterocycles. The van der Waals surface area contributed by atoms with Crippen molar-refractivity contribution in [2.75, 3.05) is 20.3 Å². The molecule has 0 aliphatic rings. The maximum Gasteiger partial charge on any atom is 0.131 e. The van der Waals surface area contributed by atoms with Gasteiger partial charge in [0.2, 0.25) is 0 Å². The molecule has 0 radical (unpaired) electrons. The molecule has 3 nitrogen and oxygen atoms in total. The Morgan fingerprint density at radius 3 is 2.67 bits per heavy atom. The van der Waals surface area contributed by atoms with Crippen LogP contribution in [0.1, 0.15) is 11.1 Å². The van der Waals surface area contributed by atoms with Gasteiger partial charge in [-0.15, -0.1) is 0 Å². The summed E-state index contributed by atoms with van der Waals surface area (Å²) in [5.41, 5.74) is 1.83. The van der Waals surface area contributed by atoms with Crippen molar-refractivity contribution in [3.05, 3.63) is 59.4 Å². The van der Waals surface area contributed by atoms with Crippen molar-refractivity contribution in [1.82, 2.24) is 5.32 Å². The second-order valence-corrected chi connectivity index (χ2v) is 4.79. The minimum atomic E-state index is -0.255. The van der Waals surface area contributed by atoms with Crippen LogP contribution in [-0.2, 0) is 11.3 Å². The summed E-state index contributed by atoms with van der Waals surface area (Å²) in [6.07, 6.45) is 0. The SMILES string of the molecule is COCCNCc1ccccc1Oc1ccc(F)cc1C. The number of nitrogens with one attached hydrogen (secondary N) is 1. The van der Waals surface area contributed by atoms with Crippen LogP contribution in [0.5, 0.6) is 11.5 Å². The van der Waals surface area contributed by atoms with Gasteiger partial charge in [0.15, 0.2) is 0 Å². The number of ether oxygens (including phenoxy) is 2. The van der Waals surface area contributed by atoms with Crippen molar-refractivity contribution in [3.63, 3.8) is 0 Å². The van der Waals surface area contributed by atoms with Crippen LogP contribution in [0.25, 0.3) is 0 Å². The van der Waals surface area contributed by atoms with Crippen LogP contribution in [-0.4, -0.2) is 20.3 Å². The van der Waals surface area contributed by atoms with Gasteiger partial charge in [0, 0.05) is 25.8 Å². The van der Waals surface area contributed by atoms with Crippen LogP contribution >= 0.6 is 0 Å². The van der Waals surface area contributed by atoms with E-state index >= 15 is 0 Å². The van der Waals surface area contributed by atoms with Crippen molar-refractivity contribution in [2.45, 2.75) is 13.5 Å². The first-order valence-electron chi connectivity index (χ1n) is 6.92. The topological polar surface area (TPSA) is 30.5 Å². The van der Waals surface area contributed by atoms with Gasteiger partial charge in [-0.3, -0.25) is 0 Å². The van der Waals surface area contributed by atoms with Gasteiger partial charge in [0.25, 0.3) is 0 Å². The summed E-state index contributed by atoms with van der Waals surface area (Å²) in [6.45, 7) is 3.97. The quantitative estimate of drug-likeness (QED) is 0.789. The van der Waals surface area contributed by atoms with Gasteiger partial charge in [-0.25, -0.2) is 4.39 Å². The number of hydrogen-bond acceptors (Lipinski definition) is 3. The second kappa shape index (κ2) is 7.76. The molecule has 2 rings (SSSR count). The Labute approximate surface area is 124 Å². The zero-order valence-electron chi connectivity index (χ0n) is 12.4. The summed E-state index contributed by atoms with van der Waals surface area (Å²) < 4.78 is 24.0. The van der Waals surface area contributed by atoms with E-state index in [0.29, 0.717) is 18.9 Å². The lowest BCUT2D eigenvalue weighted by molar-refractivity contribution is 0.199.